The van der Waals surface area contributed by atoms with E-state index in [0.29, 0.717) is 17.9 Å². The first-order valence-corrected chi connectivity index (χ1v) is 8.56. The van der Waals surface area contributed by atoms with Gasteiger partial charge in [-0.15, -0.1) is 0 Å². The maximum atomic E-state index is 12.2. The SMILES string of the molecule is COc1cccc(C(O)C(=O)NCCN2CCc3ccccc3C2)c1. The largest absolute Gasteiger partial charge is 0.497 e. The van der Waals surface area contributed by atoms with E-state index in [-0.39, 0.29) is 5.91 Å². The third-order valence-corrected chi connectivity index (χ3v) is 4.59. The molecule has 1 unspecified atom stereocenters. The number of fused-ring (bicyclic) bond motifs is 1. The summed E-state index contributed by atoms with van der Waals surface area (Å²) in [6.07, 6.45) is -0.145. The highest BCUT2D eigenvalue weighted by Crippen LogP contribution is 2.20. The van der Waals surface area contributed by atoms with Crippen LogP contribution < -0.4 is 10.1 Å². The van der Waals surface area contributed by atoms with Gasteiger partial charge in [0, 0.05) is 26.2 Å². The van der Waals surface area contributed by atoms with Crippen molar-refractivity contribution in [1.82, 2.24) is 10.2 Å². The topological polar surface area (TPSA) is 61.8 Å². The van der Waals surface area contributed by atoms with Crippen LogP contribution in [0, 0.1) is 0 Å². The molecule has 5 heteroatoms. The van der Waals surface area contributed by atoms with Crippen molar-refractivity contribution >= 4 is 5.91 Å². The summed E-state index contributed by atoms with van der Waals surface area (Å²) in [5, 5.41) is 13.0. The van der Waals surface area contributed by atoms with Crippen LogP contribution in [0.25, 0.3) is 0 Å². The zero-order valence-electron chi connectivity index (χ0n) is 14.4. The van der Waals surface area contributed by atoms with Gasteiger partial charge in [-0.3, -0.25) is 9.69 Å². The molecule has 1 heterocycles. The molecule has 0 saturated carbocycles. The first kappa shape index (κ1) is 17.5. The van der Waals surface area contributed by atoms with E-state index in [1.165, 1.54) is 11.1 Å². The molecule has 25 heavy (non-hydrogen) atoms. The molecular formula is C20H24N2O3. The summed E-state index contributed by atoms with van der Waals surface area (Å²) in [7, 11) is 1.56. The summed E-state index contributed by atoms with van der Waals surface area (Å²) in [6.45, 7) is 3.18. The van der Waals surface area contributed by atoms with Crippen LogP contribution >= 0.6 is 0 Å². The molecule has 1 atom stereocenters. The second-order valence-corrected chi connectivity index (χ2v) is 6.27. The lowest BCUT2D eigenvalue weighted by atomic mass is 10.00. The lowest BCUT2D eigenvalue weighted by Crippen LogP contribution is -2.39. The minimum Gasteiger partial charge on any atom is -0.497 e. The Morgan fingerprint density at radius 2 is 2.04 bits per heavy atom. The van der Waals surface area contributed by atoms with Gasteiger partial charge < -0.3 is 15.2 Å². The third kappa shape index (κ3) is 4.38. The second kappa shape index (κ2) is 8.14. The Bertz CT molecular complexity index is 732. The van der Waals surface area contributed by atoms with Crippen molar-refractivity contribution in [3.8, 4) is 5.75 Å². The standard InChI is InChI=1S/C20H24N2O3/c1-25-18-8-4-7-16(13-18)19(23)20(24)21-10-12-22-11-9-15-5-2-3-6-17(15)14-22/h2-8,13,19,23H,9-12,14H2,1H3,(H,21,24). The molecule has 1 amide bonds. The molecule has 2 aromatic carbocycles. The number of benzene rings is 2. The van der Waals surface area contributed by atoms with Crippen LogP contribution in [-0.4, -0.2) is 42.7 Å². The molecular weight excluding hydrogens is 316 g/mol. The number of methoxy groups -OCH3 is 1. The molecule has 0 spiro atoms. The van der Waals surface area contributed by atoms with Gasteiger partial charge in [0.25, 0.3) is 5.91 Å². The number of aliphatic hydroxyl groups is 1. The molecule has 1 aliphatic rings. The minimum absolute atomic E-state index is 0.384. The average molecular weight is 340 g/mol. The van der Waals surface area contributed by atoms with Crippen molar-refractivity contribution in [3.05, 3.63) is 65.2 Å². The Morgan fingerprint density at radius 3 is 2.84 bits per heavy atom. The first-order chi connectivity index (χ1) is 12.2. The number of hydrogen-bond donors (Lipinski definition) is 2. The van der Waals surface area contributed by atoms with E-state index in [1.54, 1.807) is 31.4 Å². The van der Waals surface area contributed by atoms with E-state index in [2.05, 4.69) is 34.5 Å². The Labute approximate surface area is 148 Å². The Hall–Kier alpha value is -2.37. The molecule has 0 bridgehead atoms. The molecule has 0 fully saturated rings. The van der Waals surface area contributed by atoms with Crippen LogP contribution in [0.5, 0.6) is 5.75 Å². The molecule has 1 aliphatic heterocycles. The highest BCUT2D eigenvalue weighted by Gasteiger charge is 2.19. The van der Waals surface area contributed by atoms with Crippen molar-refractivity contribution in [2.75, 3.05) is 26.7 Å². The number of amides is 1. The summed E-state index contributed by atoms with van der Waals surface area (Å²) >= 11 is 0. The number of carbonyl (C=O) groups excluding carboxylic acids is 1. The zero-order chi connectivity index (χ0) is 17.6. The summed E-state index contributed by atoms with van der Waals surface area (Å²) < 4.78 is 5.12. The number of ether oxygens (including phenoxy) is 1. The van der Waals surface area contributed by atoms with Gasteiger partial charge in [-0.2, -0.15) is 0 Å². The first-order valence-electron chi connectivity index (χ1n) is 8.56. The molecule has 2 aromatic rings. The normalized spacial score (nSPS) is 15.3. The van der Waals surface area contributed by atoms with Crippen LogP contribution in [0.1, 0.15) is 22.8 Å². The fraction of sp³-hybridized carbons (Fsp3) is 0.350. The van der Waals surface area contributed by atoms with Crippen molar-refractivity contribution in [1.29, 1.82) is 0 Å². The van der Waals surface area contributed by atoms with Gasteiger partial charge in [-0.1, -0.05) is 36.4 Å². The highest BCUT2D eigenvalue weighted by molar-refractivity contribution is 5.82. The highest BCUT2D eigenvalue weighted by atomic mass is 16.5. The van der Waals surface area contributed by atoms with E-state index < -0.39 is 6.10 Å². The van der Waals surface area contributed by atoms with Gasteiger partial charge in [0.2, 0.25) is 0 Å². The average Bonchev–Trinajstić information content (AvgIpc) is 2.67. The Balaban J connectivity index is 1.48. The number of aliphatic hydroxyl groups excluding tert-OH is 1. The zero-order valence-corrected chi connectivity index (χ0v) is 14.4. The predicted octanol–water partition coefficient (Wildman–Crippen LogP) is 1.90. The Kier molecular flexibility index (Phi) is 5.68. The van der Waals surface area contributed by atoms with E-state index >= 15 is 0 Å². The molecule has 0 aromatic heterocycles. The molecule has 5 nitrogen and oxygen atoms in total. The number of nitrogens with zero attached hydrogens (tertiary/aromatic N) is 1. The number of hydrogen-bond acceptors (Lipinski definition) is 4. The molecule has 0 aliphatic carbocycles. The van der Waals surface area contributed by atoms with E-state index in [1.807, 2.05) is 0 Å². The van der Waals surface area contributed by atoms with Gasteiger partial charge in [0.1, 0.15) is 5.75 Å². The third-order valence-electron chi connectivity index (χ3n) is 4.59. The van der Waals surface area contributed by atoms with Gasteiger partial charge in [-0.05, 0) is 35.2 Å². The summed E-state index contributed by atoms with van der Waals surface area (Å²) in [4.78, 5) is 14.5. The van der Waals surface area contributed by atoms with Crippen LogP contribution in [0.4, 0.5) is 0 Å². The van der Waals surface area contributed by atoms with Crippen LogP contribution in [0.3, 0.4) is 0 Å². The molecule has 2 N–H and O–H groups in total. The molecule has 132 valence electrons. The van der Waals surface area contributed by atoms with Gasteiger partial charge in [0.05, 0.1) is 7.11 Å². The minimum atomic E-state index is -1.18. The molecule has 0 radical (unpaired) electrons. The number of carbonyl (C=O) groups is 1. The van der Waals surface area contributed by atoms with Crippen LogP contribution in [0.2, 0.25) is 0 Å². The molecule has 0 saturated heterocycles. The lowest BCUT2D eigenvalue weighted by molar-refractivity contribution is -0.129. The van der Waals surface area contributed by atoms with Crippen molar-refractivity contribution in [2.45, 2.75) is 19.1 Å². The fourth-order valence-corrected chi connectivity index (χ4v) is 3.14. The van der Waals surface area contributed by atoms with Crippen LogP contribution in [0.15, 0.2) is 48.5 Å². The smallest absolute Gasteiger partial charge is 0.253 e. The maximum absolute atomic E-state index is 12.2. The number of nitrogens with one attached hydrogen (secondary N) is 1. The lowest BCUT2D eigenvalue weighted by Gasteiger charge is -2.28. The van der Waals surface area contributed by atoms with E-state index in [0.717, 1.165) is 26.1 Å². The van der Waals surface area contributed by atoms with Gasteiger partial charge in [-0.25, -0.2) is 0 Å². The van der Waals surface area contributed by atoms with Crippen molar-refractivity contribution < 1.29 is 14.6 Å². The Morgan fingerprint density at radius 1 is 1.24 bits per heavy atom. The van der Waals surface area contributed by atoms with Crippen LogP contribution in [-0.2, 0) is 17.8 Å². The number of rotatable bonds is 6. The van der Waals surface area contributed by atoms with E-state index in [4.69, 9.17) is 4.74 Å². The summed E-state index contributed by atoms with van der Waals surface area (Å²) in [5.41, 5.74) is 3.30. The van der Waals surface area contributed by atoms with Gasteiger partial charge >= 0.3 is 0 Å². The van der Waals surface area contributed by atoms with Gasteiger partial charge in [0.15, 0.2) is 6.10 Å². The van der Waals surface area contributed by atoms with E-state index in [9.17, 15) is 9.90 Å². The van der Waals surface area contributed by atoms with Crippen molar-refractivity contribution in [3.63, 3.8) is 0 Å². The summed E-state index contributed by atoms with van der Waals surface area (Å²) in [5.74, 6) is 0.238. The fourth-order valence-electron chi connectivity index (χ4n) is 3.14. The van der Waals surface area contributed by atoms with Crippen molar-refractivity contribution in [2.24, 2.45) is 0 Å². The monoisotopic (exact) mass is 340 g/mol. The maximum Gasteiger partial charge on any atom is 0.253 e. The quantitative estimate of drug-likeness (QED) is 0.843. The second-order valence-electron chi connectivity index (χ2n) is 6.27. The molecule has 3 rings (SSSR count). The summed E-state index contributed by atoms with van der Waals surface area (Å²) in [6, 6.07) is 15.4. The predicted molar refractivity (Wildman–Crippen MR) is 96.4 cm³/mol.